The van der Waals surface area contributed by atoms with E-state index in [1.807, 2.05) is 30.3 Å². The Morgan fingerprint density at radius 1 is 1.50 bits per heavy atom. The number of benzene rings is 1. The number of hydrogen-bond acceptors (Lipinski definition) is 4. The molecule has 4 heteroatoms. The number of carbonyl (C=O) groups is 1. The van der Waals surface area contributed by atoms with Crippen LogP contribution in [0.25, 0.3) is 0 Å². The molecule has 0 amide bonds. The van der Waals surface area contributed by atoms with Crippen molar-refractivity contribution in [2.24, 2.45) is 0 Å². The SMILES string of the molecule is CCOC(=O)C1(c2ccccc2)CCON1. The number of hydroxylamine groups is 1. The molecular formula is C12H15NO3. The van der Waals surface area contributed by atoms with Crippen molar-refractivity contribution in [1.82, 2.24) is 5.48 Å². The highest BCUT2D eigenvalue weighted by atomic mass is 16.7. The van der Waals surface area contributed by atoms with E-state index in [1.54, 1.807) is 6.92 Å². The van der Waals surface area contributed by atoms with Gasteiger partial charge in [-0.2, -0.15) is 5.48 Å². The minimum Gasteiger partial charge on any atom is -0.464 e. The molecule has 1 aromatic rings. The minimum atomic E-state index is -0.836. The summed E-state index contributed by atoms with van der Waals surface area (Å²) in [5.74, 6) is -0.279. The molecule has 0 bridgehead atoms. The zero-order chi connectivity index (χ0) is 11.4. The summed E-state index contributed by atoms with van der Waals surface area (Å²) in [5, 5.41) is 0. The molecule has 1 atom stereocenters. The Morgan fingerprint density at radius 2 is 2.25 bits per heavy atom. The van der Waals surface area contributed by atoms with Crippen molar-refractivity contribution in [3.05, 3.63) is 35.9 Å². The number of esters is 1. The average Bonchev–Trinajstić information content (AvgIpc) is 2.81. The van der Waals surface area contributed by atoms with E-state index in [1.165, 1.54) is 0 Å². The fourth-order valence-corrected chi connectivity index (χ4v) is 1.87. The number of nitrogens with one attached hydrogen (secondary N) is 1. The van der Waals surface area contributed by atoms with Crippen LogP contribution in [0.4, 0.5) is 0 Å². The van der Waals surface area contributed by atoms with Gasteiger partial charge in [-0.1, -0.05) is 30.3 Å². The van der Waals surface area contributed by atoms with Crippen LogP contribution < -0.4 is 5.48 Å². The maximum atomic E-state index is 12.0. The average molecular weight is 221 g/mol. The van der Waals surface area contributed by atoms with Crippen molar-refractivity contribution < 1.29 is 14.4 Å². The highest BCUT2D eigenvalue weighted by Gasteiger charge is 2.45. The van der Waals surface area contributed by atoms with Crippen LogP contribution in [0.5, 0.6) is 0 Å². The summed E-state index contributed by atoms with van der Waals surface area (Å²) >= 11 is 0. The quantitative estimate of drug-likeness (QED) is 0.783. The maximum absolute atomic E-state index is 12.0. The number of carbonyl (C=O) groups excluding carboxylic acids is 1. The Bertz CT molecular complexity index is 358. The summed E-state index contributed by atoms with van der Waals surface area (Å²) in [6.07, 6.45) is 0.593. The van der Waals surface area contributed by atoms with Crippen LogP contribution >= 0.6 is 0 Å². The van der Waals surface area contributed by atoms with Gasteiger partial charge in [-0.25, -0.2) is 4.79 Å². The zero-order valence-corrected chi connectivity index (χ0v) is 9.23. The van der Waals surface area contributed by atoms with Crippen LogP contribution in [0.1, 0.15) is 18.9 Å². The molecule has 0 radical (unpaired) electrons. The van der Waals surface area contributed by atoms with E-state index < -0.39 is 5.54 Å². The monoisotopic (exact) mass is 221 g/mol. The molecular weight excluding hydrogens is 206 g/mol. The first-order valence-electron chi connectivity index (χ1n) is 5.41. The Labute approximate surface area is 94.5 Å². The lowest BCUT2D eigenvalue weighted by Gasteiger charge is -2.25. The third-order valence-electron chi connectivity index (χ3n) is 2.72. The highest BCUT2D eigenvalue weighted by Crippen LogP contribution is 2.30. The molecule has 0 saturated carbocycles. The number of ether oxygens (including phenoxy) is 1. The normalized spacial score (nSPS) is 24.3. The molecule has 1 fully saturated rings. The second-order valence-electron chi connectivity index (χ2n) is 3.69. The topological polar surface area (TPSA) is 47.6 Å². The van der Waals surface area contributed by atoms with Crippen LogP contribution in [0.15, 0.2) is 30.3 Å². The van der Waals surface area contributed by atoms with Gasteiger partial charge < -0.3 is 9.57 Å². The van der Waals surface area contributed by atoms with Gasteiger partial charge in [0, 0.05) is 6.42 Å². The lowest BCUT2D eigenvalue weighted by Crippen LogP contribution is -2.45. The molecule has 0 aliphatic carbocycles. The van der Waals surface area contributed by atoms with E-state index in [9.17, 15) is 4.79 Å². The molecule has 4 nitrogen and oxygen atoms in total. The highest BCUT2D eigenvalue weighted by molar-refractivity contribution is 5.82. The van der Waals surface area contributed by atoms with Crippen LogP contribution in [-0.2, 0) is 19.9 Å². The second kappa shape index (κ2) is 4.63. The minimum absolute atomic E-state index is 0.279. The molecule has 2 rings (SSSR count). The molecule has 16 heavy (non-hydrogen) atoms. The van der Waals surface area contributed by atoms with Crippen molar-refractivity contribution in [2.45, 2.75) is 18.9 Å². The van der Waals surface area contributed by atoms with E-state index in [0.717, 1.165) is 5.56 Å². The van der Waals surface area contributed by atoms with Crippen molar-refractivity contribution in [3.8, 4) is 0 Å². The van der Waals surface area contributed by atoms with Crippen LogP contribution in [0.3, 0.4) is 0 Å². The molecule has 1 saturated heterocycles. The molecule has 1 aliphatic rings. The largest absolute Gasteiger partial charge is 0.464 e. The van der Waals surface area contributed by atoms with E-state index in [2.05, 4.69) is 5.48 Å². The van der Waals surface area contributed by atoms with Gasteiger partial charge in [-0.15, -0.1) is 0 Å². The summed E-state index contributed by atoms with van der Waals surface area (Å²) in [7, 11) is 0. The summed E-state index contributed by atoms with van der Waals surface area (Å²) in [5.41, 5.74) is 2.84. The van der Waals surface area contributed by atoms with Crippen molar-refractivity contribution in [3.63, 3.8) is 0 Å². The van der Waals surface area contributed by atoms with Gasteiger partial charge in [0.1, 0.15) is 0 Å². The van der Waals surface area contributed by atoms with Gasteiger partial charge >= 0.3 is 5.97 Å². The summed E-state index contributed by atoms with van der Waals surface area (Å²) in [6, 6.07) is 9.52. The summed E-state index contributed by atoms with van der Waals surface area (Å²) < 4.78 is 5.10. The summed E-state index contributed by atoms with van der Waals surface area (Å²) in [6.45, 7) is 2.68. The van der Waals surface area contributed by atoms with Crippen LogP contribution in [0.2, 0.25) is 0 Å². The van der Waals surface area contributed by atoms with E-state index >= 15 is 0 Å². The number of rotatable bonds is 3. The van der Waals surface area contributed by atoms with Crippen LogP contribution in [-0.4, -0.2) is 19.2 Å². The molecule has 86 valence electrons. The predicted molar refractivity (Wildman–Crippen MR) is 58.5 cm³/mol. The third kappa shape index (κ3) is 1.81. The Kier molecular flexibility index (Phi) is 3.22. The van der Waals surface area contributed by atoms with E-state index in [-0.39, 0.29) is 5.97 Å². The molecule has 0 aromatic heterocycles. The van der Waals surface area contributed by atoms with Crippen molar-refractivity contribution in [1.29, 1.82) is 0 Å². The van der Waals surface area contributed by atoms with E-state index in [4.69, 9.17) is 9.57 Å². The Morgan fingerprint density at radius 3 is 2.81 bits per heavy atom. The standard InChI is InChI=1S/C12H15NO3/c1-2-15-11(14)12(8-9-16-13-12)10-6-4-3-5-7-10/h3-7,13H,2,8-9H2,1H3. The van der Waals surface area contributed by atoms with Gasteiger partial charge in [-0.05, 0) is 12.5 Å². The predicted octanol–water partition coefficient (Wildman–Crippen LogP) is 1.37. The molecule has 1 unspecified atom stereocenters. The Balaban J connectivity index is 2.32. The van der Waals surface area contributed by atoms with Gasteiger partial charge in [0.25, 0.3) is 0 Å². The first kappa shape index (κ1) is 11.1. The van der Waals surface area contributed by atoms with Gasteiger partial charge in [0.2, 0.25) is 0 Å². The fraction of sp³-hybridized carbons (Fsp3) is 0.417. The zero-order valence-electron chi connectivity index (χ0n) is 9.23. The first-order chi connectivity index (χ1) is 7.79. The second-order valence-corrected chi connectivity index (χ2v) is 3.69. The van der Waals surface area contributed by atoms with Gasteiger partial charge in [-0.3, -0.25) is 0 Å². The third-order valence-corrected chi connectivity index (χ3v) is 2.72. The van der Waals surface area contributed by atoms with Gasteiger partial charge in [0.05, 0.1) is 13.2 Å². The lowest BCUT2D eigenvalue weighted by atomic mass is 9.88. The van der Waals surface area contributed by atoms with Gasteiger partial charge in [0.15, 0.2) is 5.54 Å². The van der Waals surface area contributed by atoms with Crippen molar-refractivity contribution >= 4 is 5.97 Å². The fourth-order valence-electron chi connectivity index (χ4n) is 1.87. The lowest BCUT2D eigenvalue weighted by molar-refractivity contribution is -0.153. The van der Waals surface area contributed by atoms with Crippen molar-refractivity contribution in [2.75, 3.05) is 13.2 Å². The molecule has 0 spiro atoms. The maximum Gasteiger partial charge on any atom is 0.333 e. The summed E-state index contributed by atoms with van der Waals surface area (Å²) in [4.78, 5) is 17.1. The molecule has 1 heterocycles. The molecule has 1 aliphatic heterocycles. The first-order valence-corrected chi connectivity index (χ1v) is 5.41. The number of hydrogen-bond donors (Lipinski definition) is 1. The molecule has 1 aromatic carbocycles. The van der Waals surface area contributed by atoms with Crippen LogP contribution in [0, 0.1) is 0 Å². The van der Waals surface area contributed by atoms with E-state index in [0.29, 0.717) is 19.6 Å². The smallest absolute Gasteiger partial charge is 0.333 e. The molecule has 1 N–H and O–H groups in total. The Hall–Kier alpha value is -1.39.